The highest BCUT2D eigenvalue weighted by Gasteiger charge is 1.97. The zero-order valence-corrected chi connectivity index (χ0v) is 22.5. The number of ether oxygens (including phenoxy) is 10. The van der Waals surface area contributed by atoms with E-state index in [2.05, 4.69) is 0 Å². The maximum atomic E-state index is 11.8. The van der Waals surface area contributed by atoms with E-state index < -0.39 is 6.67 Å². The normalized spacial score (nSPS) is 11.3. The predicted molar refractivity (Wildman–Crippen MR) is 140 cm³/mol. The Kier molecular flexibility index (Phi) is 25.7. The minimum absolute atomic E-state index is 0.114. The van der Waals surface area contributed by atoms with Gasteiger partial charge in [0.15, 0.2) is 0 Å². The molecule has 0 saturated carbocycles. The Hall–Kier alpha value is -1.61. The second-order valence-corrected chi connectivity index (χ2v) is 7.62. The highest BCUT2D eigenvalue weighted by atomic mass is 19.1. The number of alkyl halides is 1. The fourth-order valence-corrected chi connectivity index (χ4v) is 2.70. The van der Waals surface area contributed by atoms with Crippen molar-refractivity contribution < 1.29 is 51.8 Å². The molecule has 12 heteroatoms. The zero-order valence-electron chi connectivity index (χ0n) is 22.5. The molecule has 222 valence electrons. The third-order valence-corrected chi connectivity index (χ3v) is 4.57. The van der Waals surface area contributed by atoms with E-state index in [4.69, 9.17) is 53.1 Å². The summed E-state index contributed by atoms with van der Waals surface area (Å²) in [5, 5.41) is 0. The van der Waals surface area contributed by atoms with Crippen LogP contribution in [0.4, 0.5) is 10.1 Å². The third-order valence-electron chi connectivity index (χ3n) is 4.57. The van der Waals surface area contributed by atoms with Crippen LogP contribution in [-0.4, -0.2) is 132 Å². The number of nitrogens with two attached hydrogens (primary N) is 1. The van der Waals surface area contributed by atoms with Crippen LogP contribution < -0.4 is 10.5 Å². The monoisotopic (exact) mass is 551 g/mol. The summed E-state index contributed by atoms with van der Waals surface area (Å²) in [5.41, 5.74) is 6.34. The van der Waals surface area contributed by atoms with Crippen LogP contribution in [0.25, 0.3) is 0 Å². The van der Waals surface area contributed by atoms with Crippen molar-refractivity contribution in [2.75, 3.05) is 138 Å². The fourth-order valence-electron chi connectivity index (χ4n) is 2.70. The van der Waals surface area contributed by atoms with Gasteiger partial charge in [-0.05, 0) is 24.3 Å². The summed E-state index contributed by atoms with van der Waals surface area (Å²) in [6, 6.07) is 7.25. The quantitative estimate of drug-likeness (QED) is 0.111. The molecule has 0 heterocycles. The number of nitrogen functional groups attached to an aromatic ring is 1. The molecule has 0 aliphatic carbocycles. The summed E-state index contributed by atoms with van der Waals surface area (Å²) in [6.07, 6.45) is 0. The molecule has 1 aromatic carbocycles. The zero-order chi connectivity index (χ0) is 27.2. The van der Waals surface area contributed by atoms with Gasteiger partial charge in [-0.15, -0.1) is 0 Å². The van der Waals surface area contributed by atoms with Crippen LogP contribution in [0.15, 0.2) is 24.3 Å². The van der Waals surface area contributed by atoms with Gasteiger partial charge in [-0.2, -0.15) is 0 Å². The largest absolute Gasteiger partial charge is 0.491 e. The summed E-state index contributed by atoms with van der Waals surface area (Å²) in [7, 11) is 0. The van der Waals surface area contributed by atoms with E-state index in [1.165, 1.54) is 0 Å². The van der Waals surface area contributed by atoms with Gasteiger partial charge in [0.1, 0.15) is 19.0 Å². The van der Waals surface area contributed by atoms with Crippen LogP contribution in [0.3, 0.4) is 0 Å². The van der Waals surface area contributed by atoms with Crippen LogP contribution >= 0.6 is 0 Å². The van der Waals surface area contributed by atoms with Crippen molar-refractivity contribution in [3.63, 3.8) is 0 Å². The van der Waals surface area contributed by atoms with Crippen LogP contribution in [-0.2, 0) is 42.6 Å². The van der Waals surface area contributed by atoms with Crippen molar-refractivity contribution >= 4 is 5.69 Å². The average molecular weight is 552 g/mol. The van der Waals surface area contributed by atoms with E-state index in [1.54, 1.807) is 12.1 Å². The van der Waals surface area contributed by atoms with Gasteiger partial charge in [0.25, 0.3) is 0 Å². The Morgan fingerprint density at radius 2 is 0.658 bits per heavy atom. The second-order valence-electron chi connectivity index (χ2n) is 7.62. The predicted octanol–water partition coefficient (Wildman–Crippen LogP) is 1.77. The first kappa shape index (κ1) is 34.4. The topological polar surface area (TPSA) is 118 Å². The lowest BCUT2D eigenvalue weighted by molar-refractivity contribution is -0.0255. The molecular formula is C26H46FNO10. The smallest absolute Gasteiger partial charge is 0.119 e. The molecule has 0 unspecified atom stereocenters. The van der Waals surface area contributed by atoms with Crippen molar-refractivity contribution in [1.82, 2.24) is 0 Å². The fraction of sp³-hybridized carbons (Fsp3) is 0.769. The van der Waals surface area contributed by atoms with Gasteiger partial charge in [-0.1, -0.05) is 0 Å². The Morgan fingerprint density at radius 1 is 0.395 bits per heavy atom. The third kappa shape index (κ3) is 24.7. The second kappa shape index (κ2) is 28.4. The number of hydrogen-bond acceptors (Lipinski definition) is 11. The molecule has 11 nitrogen and oxygen atoms in total. The van der Waals surface area contributed by atoms with Crippen molar-refractivity contribution in [3.05, 3.63) is 24.3 Å². The maximum absolute atomic E-state index is 11.8. The summed E-state index contributed by atoms with van der Waals surface area (Å²) in [5.74, 6) is 0.770. The Bertz CT molecular complexity index is 600. The highest BCUT2D eigenvalue weighted by molar-refractivity contribution is 5.41. The minimum atomic E-state index is -0.474. The molecule has 0 aliphatic heterocycles. The van der Waals surface area contributed by atoms with E-state index in [-0.39, 0.29) is 6.61 Å². The van der Waals surface area contributed by atoms with E-state index in [9.17, 15) is 4.39 Å². The molecule has 0 bridgehead atoms. The SMILES string of the molecule is Nc1ccc(OCCOCCOCCOCCOCCOCCOCCOCCOCCOCCF)cc1. The molecule has 38 heavy (non-hydrogen) atoms. The average Bonchev–Trinajstić information content (AvgIpc) is 2.93. The standard InChI is InChI=1S/C26H46FNO10/c27-5-6-29-7-8-30-9-10-31-11-12-32-13-14-33-15-16-34-17-18-35-19-20-36-21-22-37-23-24-38-26-3-1-25(28)2-4-26/h1-4H,5-24,28H2. The van der Waals surface area contributed by atoms with E-state index in [0.29, 0.717) is 125 Å². The van der Waals surface area contributed by atoms with Gasteiger partial charge in [-0.3, -0.25) is 0 Å². The first-order chi connectivity index (χ1) is 18.8. The molecule has 2 N–H and O–H groups in total. The molecule has 0 amide bonds. The molecule has 0 aromatic heterocycles. The van der Waals surface area contributed by atoms with E-state index >= 15 is 0 Å². The van der Waals surface area contributed by atoms with Gasteiger partial charge in [-0.25, -0.2) is 4.39 Å². The Morgan fingerprint density at radius 3 is 0.947 bits per heavy atom. The van der Waals surface area contributed by atoms with Gasteiger partial charge < -0.3 is 53.1 Å². The number of halogens is 1. The van der Waals surface area contributed by atoms with Crippen molar-refractivity contribution in [2.24, 2.45) is 0 Å². The van der Waals surface area contributed by atoms with Crippen LogP contribution in [0.2, 0.25) is 0 Å². The number of hydrogen-bond donors (Lipinski definition) is 1. The molecule has 0 fully saturated rings. The molecule has 0 saturated heterocycles. The van der Waals surface area contributed by atoms with Crippen LogP contribution in [0.1, 0.15) is 0 Å². The van der Waals surface area contributed by atoms with Gasteiger partial charge in [0, 0.05) is 5.69 Å². The molecule has 1 aromatic rings. The van der Waals surface area contributed by atoms with Crippen LogP contribution in [0, 0.1) is 0 Å². The number of rotatable bonds is 30. The van der Waals surface area contributed by atoms with Gasteiger partial charge in [0.05, 0.1) is 119 Å². The summed E-state index contributed by atoms with van der Waals surface area (Å²) in [4.78, 5) is 0. The molecule has 0 atom stereocenters. The van der Waals surface area contributed by atoms with E-state index in [0.717, 1.165) is 5.75 Å². The first-order valence-electron chi connectivity index (χ1n) is 13.1. The maximum Gasteiger partial charge on any atom is 0.119 e. The van der Waals surface area contributed by atoms with E-state index in [1.807, 2.05) is 12.1 Å². The van der Waals surface area contributed by atoms with Crippen molar-refractivity contribution in [2.45, 2.75) is 0 Å². The summed E-state index contributed by atoms with van der Waals surface area (Å²) in [6.45, 7) is 8.40. The number of benzene rings is 1. The lowest BCUT2D eigenvalue weighted by Gasteiger charge is -2.09. The Balaban J connectivity index is 1.64. The minimum Gasteiger partial charge on any atom is -0.491 e. The Labute approximate surface area is 225 Å². The van der Waals surface area contributed by atoms with Crippen LogP contribution in [0.5, 0.6) is 5.75 Å². The van der Waals surface area contributed by atoms with Gasteiger partial charge in [0.2, 0.25) is 0 Å². The lowest BCUT2D eigenvalue weighted by Crippen LogP contribution is -2.15. The lowest BCUT2D eigenvalue weighted by atomic mass is 10.3. The molecule has 0 spiro atoms. The summed E-state index contributed by atoms with van der Waals surface area (Å²) < 4.78 is 65.6. The molecule has 0 radical (unpaired) electrons. The number of anilines is 1. The van der Waals surface area contributed by atoms with Gasteiger partial charge >= 0.3 is 0 Å². The first-order valence-corrected chi connectivity index (χ1v) is 13.1. The molecular weight excluding hydrogens is 505 g/mol. The highest BCUT2D eigenvalue weighted by Crippen LogP contribution is 2.12. The summed E-state index contributed by atoms with van der Waals surface area (Å²) >= 11 is 0. The molecule has 1 rings (SSSR count). The molecule has 0 aliphatic rings. The van der Waals surface area contributed by atoms with Crippen molar-refractivity contribution in [1.29, 1.82) is 0 Å². The van der Waals surface area contributed by atoms with Crippen molar-refractivity contribution in [3.8, 4) is 5.75 Å².